The minimum atomic E-state index is -0.376. The van der Waals surface area contributed by atoms with Crippen LogP contribution in [0.15, 0.2) is 18.2 Å². The molecule has 1 heterocycles. The van der Waals surface area contributed by atoms with Crippen LogP contribution in [0.2, 0.25) is 0 Å². The molecule has 0 aromatic heterocycles. The first-order valence-corrected chi connectivity index (χ1v) is 7.12. The zero-order chi connectivity index (χ0) is 14.3. The van der Waals surface area contributed by atoms with Gasteiger partial charge in [-0.15, -0.1) is 0 Å². The maximum absolute atomic E-state index is 13.2. The van der Waals surface area contributed by atoms with Crippen LogP contribution < -0.4 is 5.32 Å². The van der Waals surface area contributed by atoms with E-state index in [0.717, 1.165) is 25.1 Å². The van der Waals surface area contributed by atoms with Gasteiger partial charge in [0.15, 0.2) is 0 Å². The van der Waals surface area contributed by atoms with Crippen molar-refractivity contribution in [1.29, 1.82) is 5.26 Å². The van der Waals surface area contributed by atoms with Gasteiger partial charge in [-0.05, 0) is 31.0 Å². The van der Waals surface area contributed by atoms with Crippen LogP contribution in [0.4, 0.5) is 10.1 Å². The van der Waals surface area contributed by atoms with E-state index < -0.39 is 0 Å². The topological polar surface area (TPSA) is 45.0 Å². The predicted molar refractivity (Wildman–Crippen MR) is 74.8 cm³/mol. The highest BCUT2D eigenvalue weighted by Crippen LogP contribution is 2.52. The second-order valence-electron chi connectivity index (χ2n) is 6.34. The van der Waals surface area contributed by atoms with E-state index in [9.17, 15) is 4.39 Å². The summed E-state index contributed by atoms with van der Waals surface area (Å²) in [6.07, 6.45) is 2.53. The van der Waals surface area contributed by atoms with Crippen molar-refractivity contribution in [3.05, 3.63) is 29.6 Å². The number of nitrogens with zero attached hydrogens (tertiary/aromatic N) is 1. The number of anilines is 1. The SMILES string of the molecule is CC1(C)C(Nc2ccc(F)cc2C#N)C2CCCOC21. The Labute approximate surface area is 118 Å². The van der Waals surface area contributed by atoms with Crippen LogP contribution in [0.5, 0.6) is 0 Å². The summed E-state index contributed by atoms with van der Waals surface area (Å²) in [5, 5.41) is 12.6. The maximum Gasteiger partial charge on any atom is 0.124 e. The number of fused-ring (bicyclic) bond motifs is 1. The molecule has 3 unspecified atom stereocenters. The van der Waals surface area contributed by atoms with Crippen LogP contribution in [0.1, 0.15) is 32.3 Å². The number of benzene rings is 1. The van der Waals surface area contributed by atoms with Gasteiger partial charge in [-0.3, -0.25) is 0 Å². The van der Waals surface area contributed by atoms with Gasteiger partial charge in [-0.2, -0.15) is 5.26 Å². The summed E-state index contributed by atoms with van der Waals surface area (Å²) < 4.78 is 19.1. The lowest BCUT2D eigenvalue weighted by atomic mass is 9.55. The Balaban J connectivity index is 1.83. The quantitative estimate of drug-likeness (QED) is 0.900. The molecule has 0 spiro atoms. The third-order valence-corrected chi connectivity index (χ3v) is 4.74. The molecular weight excluding hydrogens is 255 g/mol. The summed E-state index contributed by atoms with van der Waals surface area (Å²) in [5.41, 5.74) is 1.11. The molecule has 106 valence electrons. The summed E-state index contributed by atoms with van der Waals surface area (Å²) in [7, 11) is 0. The van der Waals surface area contributed by atoms with Crippen LogP contribution in [0.25, 0.3) is 0 Å². The van der Waals surface area contributed by atoms with Crippen molar-refractivity contribution in [3.8, 4) is 6.07 Å². The van der Waals surface area contributed by atoms with Gasteiger partial charge in [-0.1, -0.05) is 13.8 Å². The fourth-order valence-electron chi connectivity index (χ4n) is 3.72. The van der Waals surface area contributed by atoms with Gasteiger partial charge in [0.1, 0.15) is 11.9 Å². The molecule has 1 aliphatic carbocycles. The molecule has 20 heavy (non-hydrogen) atoms. The standard InChI is InChI=1S/C16H19FN2O/c1-16(2)14(12-4-3-7-20-15(12)16)19-13-6-5-11(17)8-10(13)9-18/h5-6,8,12,14-15,19H,3-4,7H2,1-2H3. The number of nitrogens with one attached hydrogen (secondary N) is 1. The molecule has 0 amide bonds. The Morgan fingerprint density at radius 3 is 3.00 bits per heavy atom. The smallest absolute Gasteiger partial charge is 0.124 e. The summed E-state index contributed by atoms with van der Waals surface area (Å²) >= 11 is 0. The van der Waals surface area contributed by atoms with Crippen LogP contribution in [0, 0.1) is 28.5 Å². The number of halogens is 1. The average molecular weight is 274 g/mol. The second kappa shape index (κ2) is 4.75. The molecule has 3 nitrogen and oxygen atoms in total. The number of rotatable bonds is 2. The van der Waals surface area contributed by atoms with E-state index in [0.29, 0.717) is 17.6 Å². The van der Waals surface area contributed by atoms with Crippen molar-refractivity contribution in [3.63, 3.8) is 0 Å². The molecule has 1 aromatic carbocycles. The fraction of sp³-hybridized carbons (Fsp3) is 0.562. The van der Waals surface area contributed by atoms with Crippen LogP contribution in [-0.4, -0.2) is 18.8 Å². The molecular formula is C16H19FN2O. The maximum atomic E-state index is 13.2. The van der Waals surface area contributed by atoms with E-state index in [-0.39, 0.29) is 17.3 Å². The number of hydrogen-bond acceptors (Lipinski definition) is 3. The highest BCUT2D eigenvalue weighted by Gasteiger charge is 2.57. The highest BCUT2D eigenvalue weighted by molar-refractivity contribution is 5.58. The van der Waals surface area contributed by atoms with Gasteiger partial charge in [0, 0.05) is 24.0 Å². The summed E-state index contributed by atoms with van der Waals surface area (Å²) in [6.45, 7) is 5.22. The molecule has 1 saturated carbocycles. The minimum Gasteiger partial charge on any atom is -0.380 e. The number of hydrogen-bond donors (Lipinski definition) is 1. The number of nitriles is 1. The van der Waals surface area contributed by atoms with Crippen molar-refractivity contribution in [1.82, 2.24) is 0 Å². The molecule has 1 aliphatic heterocycles. The summed E-state index contributed by atoms with van der Waals surface area (Å²) in [4.78, 5) is 0. The van der Waals surface area contributed by atoms with E-state index in [2.05, 4.69) is 25.2 Å². The van der Waals surface area contributed by atoms with E-state index in [1.165, 1.54) is 12.1 Å². The van der Waals surface area contributed by atoms with Crippen molar-refractivity contribution in [2.24, 2.45) is 11.3 Å². The molecule has 0 radical (unpaired) electrons. The first-order valence-electron chi connectivity index (χ1n) is 7.12. The Morgan fingerprint density at radius 2 is 2.25 bits per heavy atom. The molecule has 2 aliphatic rings. The third-order valence-electron chi connectivity index (χ3n) is 4.74. The molecule has 0 bridgehead atoms. The Hall–Kier alpha value is -1.60. The molecule has 1 N–H and O–H groups in total. The van der Waals surface area contributed by atoms with Crippen LogP contribution >= 0.6 is 0 Å². The minimum absolute atomic E-state index is 0.0339. The van der Waals surface area contributed by atoms with Gasteiger partial charge >= 0.3 is 0 Å². The van der Waals surface area contributed by atoms with Gasteiger partial charge in [0.05, 0.1) is 17.4 Å². The summed E-state index contributed by atoms with van der Waals surface area (Å²) in [5.74, 6) is 0.106. The monoisotopic (exact) mass is 274 g/mol. The molecule has 4 heteroatoms. The Kier molecular flexibility index (Phi) is 3.18. The number of ether oxygens (including phenoxy) is 1. The van der Waals surface area contributed by atoms with Gasteiger partial charge in [0.25, 0.3) is 0 Å². The lowest BCUT2D eigenvalue weighted by Gasteiger charge is -2.60. The zero-order valence-corrected chi connectivity index (χ0v) is 11.8. The van der Waals surface area contributed by atoms with Crippen molar-refractivity contribution < 1.29 is 9.13 Å². The van der Waals surface area contributed by atoms with E-state index in [1.807, 2.05) is 0 Å². The van der Waals surface area contributed by atoms with Crippen molar-refractivity contribution in [2.75, 3.05) is 11.9 Å². The largest absolute Gasteiger partial charge is 0.380 e. The van der Waals surface area contributed by atoms with Gasteiger partial charge in [-0.25, -0.2) is 4.39 Å². The second-order valence-corrected chi connectivity index (χ2v) is 6.34. The first kappa shape index (κ1) is 13.4. The fourth-order valence-corrected chi connectivity index (χ4v) is 3.72. The normalized spacial score (nSPS) is 30.8. The lowest BCUT2D eigenvalue weighted by Crippen LogP contribution is -2.67. The third kappa shape index (κ3) is 1.97. The van der Waals surface area contributed by atoms with Crippen LogP contribution in [-0.2, 0) is 4.74 Å². The predicted octanol–water partition coefficient (Wildman–Crippen LogP) is 3.31. The molecule has 3 atom stereocenters. The average Bonchev–Trinajstić information content (AvgIpc) is 2.45. The first-order chi connectivity index (χ1) is 9.54. The molecule has 3 rings (SSSR count). The summed E-state index contributed by atoms with van der Waals surface area (Å²) in [6, 6.07) is 6.65. The Morgan fingerprint density at radius 1 is 1.45 bits per heavy atom. The van der Waals surface area contributed by atoms with E-state index >= 15 is 0 Å². The van der Waals surface area contributed by atoms with Crippen LogP contribution in [0.3, 0.4) is 0 Å². The lowest BCUT2D eigenvalue weighted by molar-refractivity contribution is -0.177. The van der Waals surface area contributed by atoms with E-state index in [1.54, 1.807) is 6.07 Å². The van der Waals surface area contributed by atoms with Gasteiger partial charge < -0.3 is 10.1 Å². The van der Waals surface area contributed by atoms with Crippen molar-refractivity contribution in [2.45, 2.75) is 38.8 Å². The van der Waals surface area contributed by atoms with Crippen molar-refractivity contribution >= 4 is 5.69 Å². The molecule has 1 aromatic rings. The Bertz CT molecular complexity index is 564. The highest BCUT2D eigenvalue weighted by atomic mass is 19.1. The van der Waals surface area contributed by atoms with Gasteiger partial charge in [0.2, 0.25) is 0 Å². The molecule has 2 fully saturated rings. The van der Waals surface area contributed by atoms with E-state index in [4.69, 9.17) is 10.00 Å². The zero-order valence-electron chi connectivity index (χ0n) is 11.8. The molecule has 1 saturated heterocycles.